The van der Waals surface area contributed by atoms with Gasteiger partial charge in [0, 0.05) is 19.2 Å². The third-order valence-corrected chi connectivity index (χ3v) is 4.52. The van der Waals surface area contributed by atoms with Gasteiger partial charge in [-0.1, -0.05) is 24.3 Å². The van der Waals surface area contributed by atoms with Crippen LogP contribution in [0.2, 0.25) is 0 Å². The number of benzene rings is 1. The molecule has 1 saturated heterocycles. The second-order valence-corrected chi connectivity index (χ2v) is 6.25. The van der Waals surface area contributed by atoms with Gasteiger partial charge in [-0.25, -0.2) is 9.78 Å². The summed E-state index contributed by atoms with van der Waals surface area (Å²) in [6.45, 7) is 2.44. The third kappa shape index (κ3) is 4.58. The van der Waals surface area contributed by atoms with Crippen molar-refractivity contribution < 1.29 is 19.0 Å². The topological polar surface area (TPSA) is 60.9 Å². The normalized spacial score (nSPS) is 14.1. The van der Waals surface area contributed by atoms with Gasteiger partial charge in [0.05, 0.1) is 32.4 Å². The van der Waals surface area contributed by atoms with Crippen LogP contribution in [0.3, 0.4) is 0 Å². The second kappa shape index (κ2) is 9.07. The van der Waals surface area contributed by atoms with Crippen molar-refractivity contribution in [2.24, 2.45) is 0 Å². The van der Waals surface area contributed by atoms with E-state index in [0.717, 1.165) is 24.3 Å². The molecule has 0 saturated carbocycles. The van der Waals surface area contributed by atoms with Crippen molar-refractivity contribution in [2.75, 3.05) is 32.2 Å². The third-order valence-electron chi connectivity index (χ3n) is 4.52. The zero-order valence-electron chi connectivity index (χ0n) is 15.7. The van der Waals surface area contributed by atoms with Crippen molar-refractivity contribution >= 4 is 17.2 Å². The Bertz CT molecular complexity index is 796. The molecule has 0 radical (unpaired) electrons. The molecule has 6 heteroatoms. The standard InChI is InChI=1S/C21H24N2O4/c1-25-15-19(21(24)26-2)18-8-4-3-7-16(18)14-27-20-10-9-17(13-22-20)23-11-5-6-12-23/h3-4,7-10,13,15H,5-6,11-12,14H2,1-2H3. The molecule has 1 aliphatic heterocycles. The van der Waals surface area contributed by atoms with E-state index in [-0.39, 0.29) is 6.61 Å². The van der Waals surface area contributed by atoms with E-state index >= 15 is 0 Å². The Labute approximate surface area is 159 Å². The second-order valence-electron chi connectivity index (χ2n) is 6.25. The molecule has 0 atom stereocenters. The number of hydrogen-bond acceptors (Lipinski definition) is 6. The molecule has 1 aromatic heterocycles. The maximum atomic E-state index is 12.1. The van der Waals surface area contributed by atoms with Crippen LogP contribution in [0.15, 0.2) is 48.9 Å². The van der Waals surface area contributed by atoms with Crippen LogP contribution in [0.1, 0.15) is 24.0 Å². The van der Waals surface area contributed by atoms with Gasteiger partial charge in [-0.05, 0) is 30.0 Å². The van der Waals surface area contributed by atoms with Gasteiger partial charge in [0.1, 0.15) is 12.2 Å². The summed E-state index contributed by atoms with van der Waals surface area (Å²) in [5, 5.41) is 0. The first kappa shape index (κ1) is 18.8. The summed E-state index contributed by atoms with van der Waals surface area (Å²) in [7, 11) is 2.84. The van der Waals surface area contributed by atoms with Gasteiger partial charge in [0.25, 0.3) is 0 Å². The van der Waals surface area contributed by atoms with E-state index in [0.29, 0.717) is 17.0 Å². The lowest BCUT2D eigenvalue weighted by Crippen LogP contribution is -2.17. The van der Waals surface area contributed by atoms with E-state index in [2.05, 4.69) is 9.88 Å². The van der Waals surface area contributed by atoms with E-state index in [1.54, 1.807) is 0 Å². The summed E-state index contributed by atoms with van der Waals surface area (Å²) in [4.78, 5) is 18.8. The number of nitrogens with zero attached hydrogens (tertiary/aromatic N) is 2. The van der Waals surface area contributed by atoms with Crippen molar-refractivity contribution in [2.45, 2.75) is 19.4 Å². The number of anilines is 1. The summed E-state index contributed by atoms with van der Waals surface area (Å²) in [5.74, 6) is 0.0838. The molecular formula is C21H24N2O4. The van der Waals surface area contributed by atoms with Crippen LogP contribution in [0.25, 0.3) is 5.57 Å². The molecule has 1 aromatic carbocycles. The molecule has 3 rings (SSSR count). The zero-order chi connectivity index (χ0) is 19.1. The lowest BCUT2D eigenvalue weighted by molar-refractivity contribution is -0.133. The molecule has 142 valence electrons. The van der Waals surface area contributed by atoms with Crippen molar-refractivity contribution in [3.63, 3.8) is 0 Å². The van der Waals surface area contributed by atoms with Gasteiger partial charge < -0.3 is 19.1 Å². The van der Waals surface area contributed by atoms with Gasteiger partial charge in [-0.3, -0.25) is 0 Å². The number of ether oxygens (including phenoxy) is 3. The molecule has 0 spiro atoms. The van der Waals surface area contributed by atoms with Crippen molar-refractivity contribution in [1.29, 1.82) is 0 Å². The fourth-order valence-corrected chi connectivity index (χ4v) is 3.13. The predicted octanol–water partition coefficient (Wildman–Crippen LogP) is 3.42. The average molecular weight is 368 g/mol. The quantitative estimate of drug-likeness (QED) is 0.424. The lowest BCUT2D eigenvalue weighted by Gasteiger charge is -2.17. The minimum Gasteiger partial charge on any atom is -0.503 e. The van der Waals surface area contributed by atoms with E-state index in [1.165, 1.54) is 33.3 Å². The van der Waals surface area contributed by atoms with Crippen LogP contribution >= 0.6 is 0 Å². The van der Waals surface area contributed by atoms with Gasteiger partial charge in [0.15, 0.2) is 0 Å². The van der Waals surface area contributed by atoms with Crippen molar-refractivity contribution in [1.82, 2.24) is 4.98 Å². The van der Waals surface area contributed by atoms with Gasteiger partial charge >= 0.3 is 5.97 Å². The van der Waals surface area contributed by atoms with Crippen molar-refractivity contribution in [3.05, 3.63) is 60.0 Å². The molecule has 1 aliphatic rings. The van der Waals surface area contributed by atoms with Gasteiger partial charge in [-0.2, -0.15) is 0 Å². The van der Waals surface area contributed by atoms with Crippen LogP contribution in [-0.4, -0.2) is 38.3 Å². The number of carbonyl (C=O) groups excluding carboxylic acids is 1. The monoisotopic (exact) mass is 368 g/mol. The zero-order valence-corrected chi connectivity index (χ0v) is 15.7. The number of carbonyl (C=O) groups is 1. The molecule has 0 amide bonds. The van der Waals surface area contributed by atoms with Gasteiger partial charge in [-0.15, -0.1) is 0 Å². The Morgan fingerprint density at radius 3 is 2.59 bits per heavy atom. The Morgan fingerprint density at radius 2 is 1.93 bits per heavy atom. The number of aromatic nitrogens is 1. The summed E-state index contributed by atoms with van der Waals surface area (Å²) in [5.41, 5.74) is 3.02. The Balaban J connectivity index is 1.72. The molecular weight excluding hydrogens is 344 g/mol. The summed E-state index contributed by atoms with van der Waals surface area (Å²) in [6, 6.07) is 11.4. The lowest BCUT2D eigenvalue weighted by atomic mass is 10.0. The molecule has 0 N–H and O–H groups in total. The molecule has 1 fully saturated rings. The van der Waals surface area contributed by atoms with Crippen LogP contribution in [0.4, 0.5) is 5.69 Å². The minimum absolute atomic E-state index is 0.282. The number of esters is 1. The predicted molar refractivity (Wildman–Crippen MR) is 103 cm³/mol. The van der Waals surface area contributed by atoms with E-state index in [4.69, 9.17) is 14.2 Å². The number of methoxy groups -OCH3 is 2. The highest BCUT2D eigenvalue weighted by atomic mass is 16.5. The van der Waals surface area contributed by atoms with E-state index in [9.17, 15) is 4.79 Å². The Morgan fingerprint density at radius 1 is 1.15 bits per heavy atom. The molecule has 0 bridgehead atoms. The van der Waals surface area contributed by atoms with E-state index in [1.807, 2.05) is 42.6 Å². The average Bonchev–Trinajstić information content (AvgIpc) is 3.25. The Hall–Kier alpha value is -3.02. The largest absolute Gasteiger partial charge is 0.503 e. The molecule has 2 heterocycles. The molecule has 6 nitrogen and oxygen atoms in total. The van der Waals surface area contributed by atoms with Crippen LogP contribution in [0, 0.1) is 0 Å². The highest BCUT2D eigenvalue weighted by Crippen LogP contribution is 2.24. The number of rotatable bonds is 7. The summed E-state index contributed by atoms with van der Waals surface area (Å²) < 4.78 is 15.7. The first-order valence-corrected chi connectivity index (χ1v) is 8.96. The minimum atomic E-state index is -0.461. The number of pyridine rings is 1. The highest BCUT2D eigenvalue weighted by molar-refractivity contribution is 6.16. The highest BCUT2D eigenvalue weighted by Gasteiger charge is 2.17. The first-order valence-electron chi connectivity index (χ1n) is 8.96. The van der Waals surface area contributed by atoms with Crippen molar-refractivity contribution in [3.8, 4) is 5.88 Å². The molecule has 2 aromatic rings. The molecule has 27 heavy (non-hydrogen) atoms. The Kier molecular flexibility index (Phi) is 6.30. The summed E-state index contributed by atoms with van der Waals surface area (Å²) >= 11 is 0. The van der Waals surface area contributed by atoms with E-state index < -0.39 is 5.97 Å². The fourth-order valence-electron chi connectivity index (χ4n) is 3.13. The van der Waals surface area contributed by atoms with Gasteiger partial charge in [0.2, 0.25) is 5.88 Å². The fraction of sp³-hybridized carbons (Fsp3) is 0.333. The summed E-state index contributed by atoms with van der Waals surface area (Å²) in [6.07, 6.45) is 5.68. The first-order chi connectivity index (χ1) is 13.2. The molecule has 0 aliphatic carbocycles. The van der Waals surface area contributed by atoms with Crippen LogP contribution < -0.4 is 9.64 Å². The van der Waals surface area contributed by atoms with Crippen LogP contribution in [0.5, 0.6) is 5.88 Å². The van der Waals surface area contributed by atoms with Crippen LogP contribution in [-0.2, 0) is 20.9 Å². The smallest absolute Gasteiger partial charge is 0.341 e. The maximum Gasteiger partial charge on any atom is 0.341 e. The molecule has 0 unspecified atom stereocenters. The SMILES string of the molecule is COC=C(C(=O)OC)c1ccccc1COc1ccc(N2CCCC2)cn1. The number of hydrogen-bond donors (Lipinski definition) is 0. The maximum absolute atomic E-state index is 12.1.